The van der Waals surface area contributed by atoms with E-state index < -0.39 is 0 Å². The van der Waals surface area contributed by atoms with Crippen molar-refractivity contribution < 1.29 is 5.11 Å². The fourth-order valence-corrected chi connectivity index (χ4v) is 1.46. The van der Waals surface area contributed by atoms with Crippen LogP contribution in [0.5, 0.6) is 0 Å². The molecule has 1 heteroatoms. The molecule has 116 valence electrons. The third-order valence-corrected chi connectivity index (χ3v) is 2.56. The lowest BCUT2D eigenvalue weighted by Gasteiger charge is -1.89. The molecule has 0 bridgehead atoms. The lowest BCUT2D eigenvalue weighted by atomic mass is 10.2. The molecule has 0 aliphatic rings. The molecule has 1 N–H and O–H groups in total. The Morgan fingerprint density at radius 2 is 1.39 bits per heavy atom. The van der Waals surface area contributed by atoms with Gasteiger partial charge < -0.3 is 5.11 Å². The molecule has 0 amide bonds. The van der Waals surface area contributed by atoms with Crippen LogP contribution >= 0.6 is 0 Å². The molecule has 0 spiro atoms. The van der Waals surface area contributed by atoms with Gasteiger partial charge in [0.15, 0.2) is 0 Å². The van der Waals surface area contributed by atoms with E-state index in [0.717, 1.165) is 44.9 Å². The summed E-state index contributed by atoms with van der Waals surface area (Å²) in [5, 5.41) is 8.45. The summed E-state index contributed by atoms with van der Waals surface area (Å²) in [5.74, 6) is 24.8. The molecule has 0 saturated heterocycles. The van der Waals surface area contributed by atoms with Crippen molar-refractivity contribution in [1.29, 1.82) is 0 Å². The van der Waals surface area contributed by atoms with Gasteiger partial charge in [-0.2, -0.15) is 0 Å². The minimum atomic E-state index is -0.0960. The second kappa shape index (κ2) is 19.2. The van der Waals surface area contributed by atoms with Gasteiger partial charge in [0.1, 0.15) is 6.61 Å². The summed E-state index contributed by atoms with van der Waals surface area (Å²) in [6.45, 7) is -0.0960. The highest BCUT2D eigenvalue weighted by Gasteiger charge is 1.82. The molecule has 0 saturated carbocycles. The van der Waals surface area contributed by atoms with Crippen molar-refractivity contribution in [2.24, 2.45) is 0 Å². The fourth-order valence-electron chi connectivity index (χ4n) is 1.46. The molecule has 23 heavy (non-hydrogen) atoms. The average molecular weight is 302 g/mol. The summed E-state index contributed by atoms with van der Waals surface area (Å²) in [7, 11) is 0. The Labute approximate surface area is 141 Å². The molecule has 1 nitrogen and oxygen atoms in total. The molecule has 0 aromatic rings. The van der Waals surface area contributed by atoms with Gasteiger partial charge in [0.25, 0.3) is 0 Å². The smallest absolute Gasteiger partial charge is 0.104 e. The zero-order chi connectivity index (χ0) is 16.8. The quantitative estimate of drug-likeness (QED) is 0.564. The van der Waals surface area contributed by atoms with Crippen molar-refractivity contribution in [3.05, 3.63) is 24.3 Å². The summed E-state index contributed by atoms with van der Waals surface area (Å²) in [6.07, 6.45) is 19.3. The van der Waals surface area contributed by atoms with Gasteiger partial charge in [-0.05, 0) is 67.9 Å². The van der Waals surface area contributed by atoms with E-state index in [1.165, 1.54) is 0 Å². The first kappa shape index (κ1) is 20.2. The monoisotopic (exact) mass is 302 g/mol. The highest BCUT2D eigenvalue weighted by Crippen LogP contribution is 1.99. The van der Waals surface area contributed by atoms with Crippen molar-refractivity contribution in [2.75, 3.05) is 6.61 Å². The Kier molecular flexibility index (Phi) is 16.9. The van der Waals surface area contributed by atoms with Gasteiger partial charge in [-0.25, -0.2) is 0 Å². The number of unbranched alkanes of at least 4 members (excludes halogenated alkanes) is 5. The first-order valence-corrected chi connectivity index (χ1v) is 7.73. The number of terminal acetylenes is 1. The minimum Gasteiger partial charge on any atom is -0.384 e. The Hall–Kier alpha value is -2.76. The lowest BCUT2D eigenvalue weighted by Crippen LogP contribution is -1.72. The van der Waals surface area contributed by atoms with Crippen LogP contribution in [-0.2, 0) is 0 Å². The molecule has 0 radical (unpaired) electrons. The fraction of sp³-hybridized carbons (Fsp3) is 0.364. The zero-order valence-corrected chi connectivity index (χ0v) is 13.5. The maximum Gasteiger partial charge on any atom is 0.104 e. The molecule has 0 heterocycles. The number of hydrogen-bond donors (Lipinski definition) is 1. The average Bonchev–Trinajstić information content (AvgIpc) is 2.57. The summed E-state index contributed by atoms with van der Waals surface area (Å²) < 4.78 is 0. The van der Waals surface area contributed by atoms with E-state index in [9.17, 15) is 0 Å². The third-order valence-electron chi connectivity index (χ3n) is 2.56. The molecule has 0 aromatic carbocycles. The van der Waals surface area contributed by atoms with Crippen LogP contribution in [0.1, 0.15) is 44.9 Å². The van der Waals surface area contributed by atoms with E-state index in [1.54, 1.807) is 12.2 Å². The van der Waals surface area contributed by atoms with Crippen LogP contribution in [0.15, 0.2) is 24.3 Å². The van der Waals surface area contributed by atoms with Crippen LogP contribution in [0.3, 0.4) is 0 Å². The molecule has 0 fully saturated rings. The normalized spacial score (nSPS) is 8.70. The number of hydrogen-bond acceptors (Lipinski definition) is 1. The van der Waals surface area contributed by atoms with Gasteiger partial charge >= 0.3 is 0 Å². The molecule has 0 aromatic heterocycles. The summed E-state index contributed by atoms with van der Waals surface area (Å²) in [4.78, 5) is 0. The van der Waals surface area contributed by atoms with E-state index >= 15 is 0 Å². The zero-order valence-electron chi connectivity index (χ0n) is 13.5. The number of rotatable bonds is 7. The molecule has 0 aliphatic carbocycles. The number of allylic oxidation sites excluding steroid dienone is 4. The second-order valence-electron chi connectivity index (χ2n) is 4.44. The van der Waals surface area contributed by atoms with Crippen molar-refractivity contribution in [3.8, 4) is 59.7 Å². The highest BCUT2D eigenvalue weighted by molar-refractivity contribution is 5.35. The standard InChI is InChI=1S/C22H22O/c1-2-3-4-5-6-7-8-9-10-11-12-13-14-15-16-17-18-19-20-21-22-23/h1,3-4,18-19,23H,5-8,15-17,22H2/b4-3+,19-18+. The summed E-state index contributed by atoms with van der Waals surface area (Å²) >= 11 is 0. The van der Waals surface area contributed by atoms with Crippen molar-refractivity contribution in [1.82, 2.24) is 0 Å². The summed E-state index contributed by atoms with van der Waals surface area (Å²) in [5.41, 5.74) is 0. The van der Waals surface area contributed by atoms with Crippen LogP contribution in [0.2, 0.25) is 0 Å². The first-order chi connectivity index (χ1) is 11.4. The Balaban J connectivity index is 3.63. The number of aliphatic hydroxyl groups is 1. The van der Waals surface area contributed by atoms with Crippen LogP contribution in [0, 0.1) is 59.7 Å². The van der Waals surface area contributed by atoms with Gasteiger partial charge in [0.05, 0.1) is 0 Å². The van der Waals surface area contributed by atoms with Gasteiger partial charge in [-0.1, -0.05) is 41.8 Å². The van der Waals surface area contributed by atoms with E-state index in [1.807, 2.05) is 12.2 Å². The molecular formula is C22H22O. The van der Waals surface area contributed by atoms with Crippen LogP contribution in [-0.4, -0.2) is 11.7 Å². The van der Waals surface area contributed by atoms with Crippen molar-refractivity contribution in [3.63, 3.8) is 0 Å². The molecule has 0 aliphatic heterocycles. The summed E-state index contributed by atoms with van der Waals surface area (Å²) in [6, 6.07) is 0. The molecule has 0 rings (SSSR count). The molecule has 0 atom stereocenters. The minimum absolute atomic E-state index is 0.0960. The molecular weight excluding hydrogens is 280 g/mol. The van der Waals surface area contributed by atoms with Gasteiger partial charge in [0.2, 0.25) is 0 Å². The molecule has 0 unspecified atom stereocenters. The van der Waals surface area contributed by atoms with Gasteiger partial charge in [-0.3, -0.25) is 0 Å². The van der Waals surface area contributed by atoms with Crippen LogP contribution < -0.4 is 0 Å². The van der Waals surface area contributed by atoms with Gasteiger partial charge in [0, 0.05) is 12.8 Å². The first-order valence-electron chi connectivity index (χ1n) is 7.73. The van der Waals surface area contributed by atoms with Crippen LogP contribution in [0.25, 0.3) is 0 Å². The van der Waals surface area contributed by atoms with E-state index in [0.29, 0.717) is 0 Å². The SMILES string of the molecule is C#C/C=C/CCCCC#CC#CC#CCCC/C=C/C#CCO. The van der Waals surface area contributed by atoms with Crippen molar-refractivity contribution >= 4 is 0 Å². The van der Waals surface area contributed by atoms with Crippen molar-refractivity contribution in [2.45, 2.75) is 44.9 Å². The third kappa shape index (κ3) is 19.2. The maximum absolute atomic E-state index is 8.45. The Morgan fingerprint density at radius 1 is 0.739 bits per heavy atom. The van der Waals surface area contributed by atoms with Gasteiger partial charge in [-0.15, -0.1) is 6.42 Å². The van der Waals surface area contributed by atoms with E-state index in [-0.39, 0.29) is 6.61 Å². The largest absolute Gasteiger partial charge is 0.384 e. The highest BCUT2D eigenvalue weighted by atomic mass is 16.2. The second-order valence-corrected chi connectivity index (χ2v) is 4.44. The maximum atomic E-state index is 8.45. The lowest BCUT2D eigenvalue weighted by molar-refractivity contribution is 0.350. The van der Waals surface area contributed by atoms with E-state index in [4.69, 9.17) is 11.5 Å². The predicted molar refractivity (Wildman–Crippen MR) is 97.6 cm³/mol. The van der Waals surface area contributed by atoms with Crippen LogP contribution in [0.4, 0.5) is 0 Å². The topological polar surface area (TPSA) is 20.2 Å². The predicted octanol–water partition coefficient (Wildman–Crippen LogP) is 3.47. The number of aliphatic hydroxyl groups excluding tert-OH is 1. The van der Waals surface area contributed by atoms with E-state index in [2.05, 4.69) is 53.3 Å². The Bertz CT molecular complexity index is 640. The Morgan fingerprint density at radius 3 is 2.09 bits per heavy atom.